The zero-order chi connectivity index (χ0) is 18.1. The quantitative estimate of drug-likeness (QED) is 0.518. The Bertz CT molecular complexity index is 1050. The third-order valence-corrected chi connectivity index (χ3v) is 5.64. The number of nitrogens with one attached hydrogen (secondary N) is 1. The molecule has 0 atom stereocenters. The van der Waals surface area contributed by atoms with Crippen LogP contribution in [-0.2, 0) is 0 Å². The average Bonchev–Trinajstić information content (AvgIpc) is 3.24. The monoisotopic (exact) mass is 380 g/mol. The molecule has 0 bridgehead atoms. The van der Waals surface area contributed by atoms with Gasteiger partial charge in [0.15, 0.2) is 0 Å². The Morgan fingerprint density at radius 1 is 1.15 bits per heavy atom. The van der Waals surface area contributed by atoms with Crippen molar-refractivity contribution in [2.24, 2.45) is 0 Å². The average molecular weight is 380 g/mol. The molecule has 4 aromatic rings. The third-order valence-electron chi connectivity index (χ3n) is 3.89. The van der Waals surface area contributed by atoms with Crippen LogP contribution in [0.15, 0.2) is 59.5 Å². The van der Waals surface area contributed by atoms with Gasteiger partial charge in [0.25, 0.3) is 5.91 Å². The molecule has 0 saturated heterocycles. The molecule has 2 aromatic carbocycles. The first-order chi connectivity index (χ1) is 12.6. The summed E-state index contributed by atoms with van der Waals surface area (Å²) in [4.78, 5) is 18.3. The lowest BCUT2D eigenvalue weighted by atomic mass is 10.2. The van der Waals surface area contributed by atoms with Gasteiger partial charge in [0.05, 0.1) is 15.9 Å². The van der Waals surface area contributed by atoms with Crippen LogP contribution in [-0.4, -0.2) is 26.9 Å². The molecule has 0 radical (unpaired) electrons. The Labute approximate surface area is 159 Å². The molecule has 26 heavy (non-hydrogen) atoms. The minimum Gasteiger partial charge on any atom is -0.306 e. The van der Waals surface area contributed by atoms with Crippen LogP contribution in [0, 0.1) is 6.92 Å². The van der Waals surface area contributed by atoms with Gasteiger partial charge in [-0.25, -0.2) is 4.98 Å². The lowest BCUT2D eigenvalue weighted by molar-refractivity contribution is 0.102. The Kier molecular flexibility index (Phi) is 4.48. The van der Waals surface area contributed by atoms with Gasteiger partial charge in [0.1, 0.15) is 5.82 Å². The highest BCUT2D eigenvalue weighted by Crippen LogP contribution is 2.27. The number of rotatable bonds is 4. The number of aryl methyl sites for hydroxylation is 1. The highest BCUT2D eigenvalue weighted by atomic mass is 32.2. The first kappa shape index (κ1) is 16.8. The van der Waals surface area contributed by atoms with E-state index >= 15 is 0 Å². The Hall–Kier alpha value is -2.64. The molecular formula is C19H16N4OS2. The number of benzene rings is 2. The zero-order valence-corrected chi connectivity index (χ0v) is 15.9. The molecule has 0 spiro atoms. The summed E-state index contributed by atoms with van der Waals surface area (Å²) in [5.74, 6) is 0.445. The van der Waals surface area contributed by atoms with Crippen molar-refractivity contribution >= 4 is 45.0 Å². The molecule has 5 nitrogen and oxygen atoms in total. The topological polar surface area (TPSA) is 59.8 Å². The van der Waals surface area contributed by atoms with Gasteiger partial charge < -0.3 is 5.32 Å². The highest BCUT2D eigenvalue weighted by molar-refractivity contribution is 7.98. The third kappa shape index (κ3) is 3.23. The van der Waals surface area contributed by atoms with E-state index in [2.05, 4.69) is 15.4 Å². The molecule has 7 heteroatoms. The number of hydrogen-bond acceptors (Lipinski definition) is 5. The summed E-state index contributed by atoms with van der Waals surface area (Å²) in [7, 11) is 0. The van der Waals surface area contributed by atoms with Gasteiger partial charge in [0.2, 0.25) is 5.13 Å². The van der Waals surface area contributed by atoms with E-state index in [1.54, 1.807) is 27.8 Å². The van der Waals surface area contributed by atoms with Crippen LogP contribution in [0.3, 0.4) is 0 Å². The highest BCUT2D eigenvalue weighted by Gasteiger charge is 2.15. The van der Waals surface area contributed by atoms with Crippen LogP contribution >= 0.6 is 23.1 Å². The molecule has 0 aliphatic heterocycles. The number of carbonyl (C=O) groups excluding carboxylic acids is 1. The maximum absolute atomic E-state index is 12.6. The van der Waals surface area contributed by atoms with Gasteiger partial charge in [0, 0.05) is 16.5 Å². The number of thiazole rings is 1. The molecule has 2 aromatic heterocycles. The molecule has 0 unspecified atom stereocenters. The van der Waals surface area contributed by atoms with Crippen LogP contribution in [0.25, 0.3) is 15.3 Å². The number of hydrogen-bond donors (Lipinski definition) is 1. The normalized spacial score (nSPS) is 11.0. The van der Waals surface area contributed by atoms with E-state index in [0.29, 0.717) is 11.4 Å². The SMILES string of the molecule is CSc1ccc(C(=O)Nc2cc(C)nn2-c2nc3ccccc3s2)cc1. The molecule has 0 aliphatic rings. The number of fused-ring (bicyclic) bond motifs is 1. The molecular weight excluding hydrogens is 364 g/mol. The minimum absolute atomic E-state index is 0.167. The van der Waals surface area contributed by atoms with Crippen molar-refractivity contribution in [3.05, 3.63) is 65.9 Å². The summed E-state index contributed by atoms with van der Waals surface area (Å²) < 4.78 is 2.77. The summed E-state index contributed by atoms with van der Waals surface area (Å²) in [6.45, 7) is 1.90. The zero-order valence-electron chi connectivity index (χ0n) is 14.3. The van der Waals surface area contributed by atoms with Gasteiger partial charge in [-0.05, 0) is 49.6 Å². The minimum atomic E-state index is -0.167. The number of carbonyl (C=O) groups is 1. The lowest BCUT2D eigenvalue weighted by Crippen LogP contribution is -2.15. The summed E-state index contributed by atoms with van der Waals surface area (Å²) in [5.41, 5.74) is 2.35. The summed E-state index contributed by atoms with van der Waals surface area (Å²) in [6, 6.07) is 17.3. The second-order valence-corrected chi connectivity index (χ2v) is 7.62. The summed E-state index contributed by atoms with van der Waals surface area (Å²) >= 11 is 3.19. The fourth-order valence-electron chi connectivity index (χ4n) is 2.62. The number of para-hydroxylation sites is 1. The van der Waals surface area contributed by atoms with Crippen molar-refractivity contribution in [3.63, 3.8) is 0 Å². The molecule has 2 heterocycles. The van der Waals surface area contributed by atoms with Gasteiger partial charge in [-0.2, -0.15) is 9.78 Å². The van der Waals surface area contributed by atoms with Crippen LogP contribution in [0.1, 0.15) is 16.1 Å². The lowest BCUT2D eigenvalue weighted by Gasteiger charge is -2.07. The predicted molar refractivity (Wildman–Crippen MR) is 108 cm³/mol. The van der Waals surface area contributed by atoms with E-state index in [-0.39, 0.29) is 5.91 Å². The van der Waals surface area contributed by atoms with Crippen LogP contribution in [0.5, 0.6) is 0 Å². The van der Waals surface area contributed by atoms with E-state index in [4.69, 9.17) is 0 Å². The molecule has 0 aliphatic carbocycles. The first-order valence-corrected chi connectivity index (χ1v) is 10.1. The Morgan fingerprint density at radius 3 is 2.65 bits per heavy atom. The second-order valence-electron chi connectivity index (χ2n) is 5.73. The fourth-order valence-corrected chi connectivity index (χ4v) is 3.96. The molecule has 130 valence electrons. The molecule has 4 rings (SSSR count). The Balaban J connectivity index is 1.65. The van der Waals surface area contributed by atoms with Crippen molar-refractivity contribution in [1.82, 2.24) is 14.8 Å². The van der Waals surface area contributed by atoms with E-state index in [0.717, 1.165) is 25.9 Å². The van der Waals surface area contributed by atoms with E-state index < -0.39 is 0 Å². The molecule has 1 N–H and O–H groups in total. The van der Waals surface area contributed by atoms with E-state index in [9.17, 15) is 4.79 Å². The molecule has 0 saturated carbocycles. The number of amides is 1. The largest absolute Gasteiger partial charge is 0.306 e. The van der Waals surface area contributed by atoms with Crippen LogP contribution < -0.4 is 5.32 Å². The Morgan fingerprint density at radius 2 is 1.92 bits per heavy atom. The first-order valence-electron chi connectivity index (χ1n) is 8.02. The van der Waals surface area contributed by atoms with E-state index in [1.807, 2.05) is 67.8 Å². The van der Waals surface area contributed by atoms with Gasteiger partial charge in [-0.3, -0.25) is 4.79 Å². The van der Waals surface area contributed by atoms with Gasteiger partial charge in [-0.1, -0.05) is 23.5 Å². The number of anilines is 1. The summed E-state index contributed by atoms with van der Waals surface area (Å²) in [6.07, 6.45) is 2.01. The fraction of sp³-hybridized carbons (Fsp3) is 0.105. The standard InChI is InChI=1S/C19H16N4OS2/c1-12-11-17(21-18(24)13-7-9-14(25-2)10-8-13)23(22-12)19-20-15-5-3-4-6-16(15)26-19/h3-11H,1-2H3,(H,21,24). The van der Waals surface area contributed by atoms with Crippen molar-refractivity contribution in [2.75, 3.05) is 11.6 Å². The van der Waals surface area contributed by atoms with E-state index in [1.165, 1.54) is 0 Å². The van der Waals surface area contributed by atoms with Crippen LogP contribution in [0.2, 0.25) is 0 Å². The number of nitrogens with zero attached hydrogens (tertiary/aromatic N) is 3. The maximum Gasteiger partial charge on any atom is 0.256 e. The number of aromatic nitrogens is 3. The van der Waals surface area contributed by atoms with Gasteiger partial charge in [-0.15, -0.1) is 11.8 Å². The van der Waals surface area contributed by atoms with Crippen LogP contribution in [0.4, 0.5) is 5.82 Å². The number of thioether (sulfide) groups is 1. The predicted octanol–water partition coefficient (Wildman–Crippen LogP) is 4.76. The second kappa shape index (κ2) is 6.93. The van der Waals surface area contributed by atoms with Crippen molar-refractivity contribution in [3.8, 4) is 5.13 Å². The van der Waals surface area contributed by atoms with Crippen molar-refractivity contribution in [1.29, 1.82) is 0 Å². The summed E-state index contributed by atoms with van der Waals surface area (Å²) in [5, 5.41) is 8.18. The maximum atomic E-state index is 12.6. The van der Waals surface area contributed by atoms with Crippen molar-refractivity contribution in [2.45, 2.75) is 11.8 Å². The smallest absolute Gasteiger partial charge is 0.256 e. The van der Waals surface area contributed by atoms with Crippen molar-refractivity contribution < 1.29 is 4.79 Å². The molecule has 0 fully saturated rings. The van der Waals surface area contributed by atoms with Gasteiger partial charge >= 0.3 is 0 Å². The molecule has 1 amide bonds.